The molecule has 0 aliphatic rings. The average molecular weight is 307 g/mol. The van der Waals surface area contributed by atoms with Gasteiger partial charge >= 0.3 is 0 Å². The molecule has 2 rings (SSSR count). The van der Waals surface area contributed by atoms with Crippen LogP contribution in [-0.2, 0) is 0 Å². The van der Waals surface area contributed by atoms with Crippen molar-refractivity contribution in [1.82, 2.24) is 9.97 Å². The summed E-state index contributed by atoms with van der Waals surface area (Å²) in [4.78, 5) is 20.3. The Kier molecular flexibility index (Phi) is 4.94. The molecule has 0 saturated heterocycles. The van der Waals surface area contributed by atoms with Crippen LogP contribution < -0.4 is 15.4 Å². The maximum Gasteiger partial charge on any atom is 0.275 e. The summed E-state index contributed by atoms with van der Waals surface area (Å²) in [6, 6.07) is 4.98. The van der Waals surface area contributed by atoms with E-state index in [9.17, 15) is 4.79 Å². The Morgan fingerprint density at radius 1 is 1.38 bits per heavy atom. The number of rotatable bonds is 5. The maximum atomic E-state index is 12.1. The van der Waals surface area contributed by atoms with Crippen LogP contribution in [0.1, 0.15) is 17.4 Å². The third-order valence-electron chi connectivity index (χ3n) is 2.63. The molecule has 1 heterocycles. The second-order valence-electron chi connectivity index (χ2n) is 4.12. The number of hydrogen-bond donors (Lipinski definition) is 2. The lowest BCUT2D eigenvalue weighted by molar-refractivity contribution is 0.102. The summed E-state index contributed by atoms with van der Waals surface area (Å²) in [5, 5.41) is 6.20. The highest BCUT2D eigenvalue weighted by atomic mass is 35.5. The fourth-order valence-electron chi connectivity index (χ4n) is 1.67. The summed E-state index contributed by atoms with van der Waals surface area (Å²) in [5.74, 6) is 0.687. The van der Waals surface area contributed by atoms with Crippen LogP contribution in [0.2, 0.25) is 5.02 Å². The number of nitrogens with one attached hydrogen (secondary N) is 2. The molecule has 0 saturated carbocycles. The quantitative estimate of drug-likeness (QED) is 0.888. The Bertz CT molecular complexity index is 649. The Morgan fingerprint density at radius 3 is 2.90 bits per heavy atom. The van der Waals surface area contributed by atoms with Crippen molar-refractivity contribution in [2.45, 2.75) is 6.92 Å². The zero-order valence-electron chi connectivity index (χ0n) is 11.7. The minimum atomic E-state index is -0.355. The SMILES string of the molecule is CCNc1cncc(C(=O)Nc2ccc(Cl)c(OC)c2)n1. The van der Waals surface area contributed by atoms with E-state index in [1.165, 1.54) is 13.3 Å². The molecule has 0 aliphatic heterocycles. The molecule has 7 heteroatoms. The van der Waals surface area contributed by atoms with Gasteiger partial charge in [-0.2, -0.15) is 0 Å². The first-order chi connectivity index (χ1) is 10.1. The van der Waals surface area contributed by atoms with E-state index in [1.807, 2.05) is 6.92 Å². The van der Waals surface area contributed by atoms with E-state index in [-0.39, 0.29) is 11.6 Å². The van der Waals surface area contributed by atoms with Crippen molar-refractivity contribution in [3.63, 3.8) is 0 Å². The van der Waals surface area contributed by atoms with E-state index >= 15 is 0 Å². The predicted octanol–water partition coefficient (Wildman–Crippen LogP) is 2.82. The van der Waals surface area contributed by atoms with Gasteiger partial charge in [-0.05, 0) is 19.1 Å². The summed E-state index contributed by atoms with van der Waals surface area (Å²) in [6.45, 7) is 2.64. The van der Waals surface area contributed by atoms with Gasteiger partial charge in [-0.15, -0.1) is 0 Å². The van der Waals surface area contributed by atoms with Crippen molar-refractivity contribution in [2.75, 3.05) is 24.3 Å². The third kappa shape index (κ3) is 3.82. The number of carbonyl (C=O) groups excluding carboxylic acids is 1. The summed E-state index contributed by atoms with van der Waals surface area (Å²) < 4.78 is 5.10. The Morgan fingerprint density at radius 2 is 2.19 bits per heavy atom. The highest BCUT2D eigenvalue weighted by Gasteiger charge is 2.10. The van der Waals surface area contributed by atoms with Gasteiger partial charge < -0.3 is 15.4 Å². The minimum absolute atomic E-state index is 0.224. The fourth-order valence-corrected chi connectivity index (χ4v) is 1.87. The molecule has 1 aromatic carbocycles. The number of halogens is 1. The Balaban J connectivity index is 2.16. The second-order valence-corrected chi connectivity index (χ2v) is 4.53. The van der Waals surface area contributed by atoms with Gasteiger partial charge in [0.2, 0.25) is 0 Å². The number of nitrogens with zero attached hydrogens (tertiary/aromatic N) is 2. The van der Waals surface area contributed by atoms with Gasteiger partial charge in [-0.25, -0.2) is 4.98 Å². The van der Waals surface area contributed by atoms with Crippen LogP contribution in [0.15, 0.2) is 30.6 Å². The van der Waals surface area contributed by atoms with Crippen molar-refractivity contribution in [1.29, 1.82) is 0 Å². The van der Waals surface area contributed by atoms with Gasteiger partial charge in [0.15, 0.2) is 0 Å². The van der Waals surface area contributed by atoms with Gasteiger partial charge in [0.05, 0.1) is 24.5 Å². The molecule has 0 radical (unpaired) electrons. The van der Waals surface area contributed by atoms with Crippen LogP contribution in [0.3, 0.4) is 0 Å². The minimum Gasteiger partial charge on any atom is -0.495 e. The van der Waals surface area contributed by atoms with Crippen molar-refractivity contribution < 1.29 is 9.53 Å². The number of methoxy groups -OCH3 is 1. The van der Waals surface area contributed by atoms with Crippen LogP contribution in [-0.4, -0.2) is 29.5 Å². The average Bonchev–Trinajstić information content (AvgIpc) is 2.50. The van der Waals surface area contributed by atoms with Crippen LogP contribution in [0, 0.1) is 0 Å². The summed E-state index contributed by atoms with van der Waals surface area (Å²) >= 11 is 5.94. The van der Waals surface area contributed by atoms with Crippen molar-refractivity contribution >= 4 is 29.0 Å². The smallest absolute Gasteiger partial charge is 0.275 e. The monoisotopic (exact) mass is 306 g/mol. The van der Waals surface area contributed by atoms with Crippen LogP contribution in [0.5, 0.6) is 5.75 Å². The molecular formula is C14H15ClN4O2. The van der Waals surface area contributed by atoms with Crippen molar-refractivity contribution in [2.24, 2.45) is 0 Å². The first-order valence-electron chi connectivity index (χ1n) is 6.35. The molecule has 2 aromatic rings. The number of amides is 1. The molecule has 6 nitrogen and oxygen atoms in total. The highest BCUT2D eigenvalue weighted by molar-refractivity contribution is 6.32. The lowest BCUT2D eigenvalue weighted by Gasteiger charge is -2.08. The van der Waals surface area contributed by atoms with Crippen LogP contribution in [0.4, 0.5) is 11.5 Å². The van der Waals surface area contributed by atoms with Gasteiger partial charge in [0.25, 0.3) is 5.91 Å². The van der Waals surface area contributed by atoms with Crippen molar-refractivity contribution in [3.8, 4) is 5.75 Å². The lowest BCUT2D eigenvalue weighted by atomic mass is 10.3. The maximum absolute atomic E-state index is 12.1. The molecule has 0 bridgehead atoms. The molecular weight excluding hydrogens is 292 g/mol. The molecule has 0 spiro atoms. The zero-order chi connectivity index (χ0) is 15.2. The van der Waals surface area contributed by atoms with Crippen molar-refractivity contribution in [3.05, 3.63) is 41.3 Å². The number of carbonyl (C=O) groups is 1. The molecule has 2 N–H and O–H groups in total. The van der Waals surface area contributed by atoms with Gasteiger partial charge in [0.1, 0.15) is 17.3 Å². The Hall–Kier alpha value is -2.34. The highest BCUT2D eigenvalue weighted by Crippen LogP contribution is 2.27. The topological polar surface area (TPSA) is 76.1 Å². The number of benzene rings is 1. The van der Waals surface area contributed by atoms with Gasteiger partial charge in [-0.3, -0.25) is 9.78 Å². The molecule has 1 aromatic heterocycles. The summed E-state index contributed by atoms with van der Waals surface area (Å²) in [6.07, 6.45) is 2.97. The van der Waals surface area contributed by atoms with E-state index in [0.717, 1.165) is 0 Å². The van der Waals surface area contributed by atoms with E-state index < -0.39 is 0 Å². The van der Waals surface area contributed by atoms with Gasteiger partial charge in [0, 0.05) is 18.3 Å². The lowest BCUT2D eigenvalue weighted by Crippen LogP contribution is -2.15. The van der Waals surface area contributed by atoms with Gasteiger partial charge in [-0.1, -0.05) is 11.6 Å². The first-order valence-corrected chi connectivity index (χ1v) is 6.72. The molecule has 1 amide bonds. The fraction of sp³-hybridized carbons (Fsp3) is 0.214. The zero-order valence-corrected chi connectivity index (χ0v) is 12.4. The molecule has 0 unspecified atom stereocenters. The molecule has 0 atom stereocenters. The number of aromatic nitrogens is 2. The predicted molar refractivity (Wildman–Crippen MR) is 82.2 cm³/mol. The van der Waals surface area contributed by atoms with Crippen LogP contribution in [0.25, 0.3) is 0 Å². The Labute approximate surface area is 127 Å². The second kappa shape index (κ2) is 6.90. The number of hydrogen-bond acceptors (Lipinski definition) is 5. The standard InChI is InChI=1S/C14H15ClN4O2/c1-3-17-13-8-16-7-11(19-13)14(20)18-9-4-5-10(15)12(6-9)21-2/h4-8H,3H2,1-2H3,(H,17,19)(H,18,20). The molecule has 21 heavy (non-hydrogen) atoms. The summed E-state index contributed by atoms with van der Waals surface area (Å²) in [7, 11) is 1.51. The summed E-state index contributed by atoms with van der Waals surface area (Å²) in [5.41, 5.74) is 0.791. The van der Waals surface area contributed by atoms with E-state index in [2.05, 4.69) is 20.6 Å². The number of anilines is 2. The van der Waals surface area contributed by atoms with Crippen LogP contribution >= 0.6 is 11.6 Å². The molecule has 0 aliphatic carbocycles. The van der Waals surface area contributed by atoms with E-state index in [0.29, 0.717) is 28.8 Å². The third-order valence-corrected chi connectivity index (χ3v) is 2.95. The number of ether oxygens (including phenoxy) is 1. The molecule has 110 valence electrons. The largest absolute Gasteiger partial charge is 0.495 e. The first kappa shape index (κ1) is 15.1. The normalized spacial score (nSPS) is 10.0. The van der Waals surface area contributed by atoms with E-state index in [1.54, 1.807) is 24.4 Å². The van der Waals surface area contributed by atoms with E-state index in [4.69, 9.17) is 16.3 Å². The molecule has 0 fully saturated rings.